The van der Waals surface area contributed by atoms with Gasteiger partial charge in [-0.2, -0.15) is 0 Å². The Hall–Kier alpha value is -1.75. The van der Waals surface area contributed by atoms with Gasteiger partial charge in [-0.3, -0.25) is 4.79 Å². The molecule has 1 rings (SSSR count). The minimum Gasteiger partial charge on any atom is -0.504 e. The zero-order chi connectivity index (χ0) is 12.7. The molecule has 5 heteroatoms. The lowest BCUT2D eigenvalue weighted by atomic mass is 10.1. The predicted octanol–water partition coefficient (Wildman–Crippen LogP) is 0.495. The normalized spacial score (nSPS) is 10.2. The Bertz CT molecular complexity index is 380. The Morgan fingerprint density at radius 3 is 2.71 bits per heavy atom. The van der Waals surface area contributed by atoms with Crippen LogP contribution in [-0.4, -0.2) is 29.2 Å². The van der Waals surface area contributed by atoms with Crippen LogP contribution in [0.3, 0.4) is 0 Å². The molecule has 17 heavy (non-hydrogen) atoms. The van der Waals surface area contributed by atoms with Gasteiger partial charge in [0.1, 0.15) is 0 Å². The third kappa shape index (κ3) is 4.74. The molecule has 1 aromatic rings. The molecule has 94 valence electrons. The first-order chi connectivity index (χ1) is 8.13. The average molecular weight is 238 g/mol. The third-order valence-corrected chi connectivity index (χ3v) is 2.38. The molecule has 0 saturated carbocycles. The maximum absolute atomic E-state index is 11.3. The number of benzene rings is 1. The molecule has 0 atom stereocenters. The van der Waals surface area contributed by atoms with Crippen molar-refractivity contribution in [3.63, 3.8) is 0 Å². The molecule has 5 nitrogen and oxygen atoms in total. The van der Waals surface area contributed by atoms with Gasteiger partial charge >= 0.3 is 0 Å². The number of rotatable bonds is 6. The molecule has 1 aromatic carbocycles. The Balaban J connectivity index is 2.30. The predicted molar refractivity (Wildman–Crippen MR) is 64.8 cm³/mol. The van der Waals surface area contributed by atoms with Gasteiger partial charge in [-0.05, 0) is 37.1 Å². The fraction of sp³-hybridized carbons (Fsp3) is 0.417. The number of phenols is 2. The first kappa shape index (κ1) is 13.3. The highest BCUT2D eigenvalue weighted by atomic mass is 16.3. The lowest BCUT2D eigenvalue weighted by molar-refractivity contribution is -0.121. The van der Waals surface area contributed by atoms with Crippen molar-refractivity contribution in [2.75, 3.05) is 13.1 Å². The van der Waals surface area contributed by atoms with E-state index in [-0.39, 0.29) is 17.4 Å². The van der Waals surface area contributed by atoms with E-state index in [2.05, 4.69) is 5.32 Å². The fourth-order valence-electron chi connectivity index (χ4n) is 1.42. The number of amides is 1. The van der Waals surface area contributed by atoms with Crippen molar-refractivity contribution in [2.24, 2.45) is 5.73 Å². The van der Waals surface area contributed by atoms with E-state index in [0.29, 0.717) is 32.4 Å². The Morgan fingerprint density at radius 2 is 2.06 bits per heavy atom. The van der Waals surface area contributed by atoms with E-state index >= 15 is 0 Å². The van der Waals surface area contributed by atoms with Crippen molar-refractivity contribution in [3.05, 3.63) is 23.8 Å². The van der Waals surface area contributed by atoms with Gasteiger partial charge in [0.25, 0.3) is 0 Å². The third-order valence-electron chi connectivity index (χ3n) is 2.38. The summed E-state index contributed by atoms with van der Waals surface area (Å²) in [5.74, 6) is -0.295. The average Bonchev–Trinajstić information content (AvgIpc) is 2.31. The Kier molecular flexibility index (Phi) is 5.29. The standard InChI is InChI=1S/C12H18N2O3/c13-6-1-2-12(17)14-7-5-9-3-4-10(15)11(16)8-9/h3-4,8,15-16H,1-2,5-7,13H2,(H,14,17). The molecule has 0 aliphatic heterocycles. The number of nitrogens with one attached hydrogen (secondary N) is 1. The monoisotopic (exact) mass is 238 g/mol. The molecule has 0 aliphatic carbocycles. The fourth-order valence-corrected chi connectivity index (χ4v) is 1.42. The van der Waals surface area contributed by atoms with Gasteiger partial charge in [0.05, 0.1) is 0 Å². The van der Waals surface area contributed by atoms with Crippen molar-refractivity contribution in [2.45, 2.75) is 19.3 Å². The molecule has 5 N–H and O–H groups in total. The zero-order valence-electron chi connectivity index (χ0n) is 9.65. The van der Waals surface area contributed by atoms with E-state index in [9.17, 15) is 9.90 Å². The number of carbonyl (C=O) groups is 1. The molecule has 0 unspecified atom stereocenters. The van der Waals surface area contributed by atoms with E-state index < -0.39 is 0 Å². The van der Waals surface area contributed by atoms with Gasteiger partial charge in [0.2, 0.25) is 5.91 Å². The highest BCUT2D eigenvalue weighted by Crippen LogP contribution is 2.24. The second kappa shape index (κ2) is 6.75. The van der Waals surface area contributed by atoms with Crippen LogP contribution in [-0.2, 0) is 11.2 Å². The van der Waals surface area contributed by atoms with Gasteiger partial charge in [0, 0.05) is 13.0 Å². The first-order valence-electron chi connectivity index (χ1n) is 5.61. The van der Waals surface area contributed by atoms with E-state index in [1.807, 2.05) is 0 Å². The zero-order valence-corrected chi connectivity index (χ0v) is 9.65. The summed E-state index contributed by atoms with van der Waals surface area (Å²) in [5.41, 5.74) is 6.16. The van der Waals surface area contributed by atoms with Gasteiger partial charge in [-0.15, -0.1) is 0 Å². The van der Waals surface area contributed by atoms with E-state index in [0.717, 1.165) is 5.56 Å². The van der Waals surface area contributed by atoms with Crippen LogP contribution in [0.2, 0.25) is 0 Å². The maximum Gasteiger partial charge on any atom is 0.220 e. The number of nitrogens with two attached hydrogens (primary N) is 1. The van der Waals surface area contributed by atoms with Crippen molar-refractivity contribution in [1.29, 1.82) is 0 Å². The minimum absolute atomic E-state index is 0.0153. The molecule has 0 fully saturated rings. The summed E-state index contributed by atoms with van der Waals surface area (Å²) in [4.78, 5) is 11.3. The maximum atomic E-state index is 11.3. The SMILES string of the molecule is NCCCC(=O)NCCc1ccc(O)c(O)c1. The summed E-state index contributed by atoms with van der Waals surface area (Å²) in [6.07, 6.45) is 1.74. The van der Waals surface area contributed by atoms with Crippen LogP contribution < -0.4 is 11.1 Å². The largest absolute Gasteiger partial charge is 0.504 e. The smallest absolute Gasteiger partial charge is 0.220 e. The van der Waals surface area contributed by atoms with Gasteiger partial charge < -0.3 is 21.3 Å². The highest BCUT2D eigenvalue weighted by molar-refractivity contribution is 5.75. The van der Waals surface area contributed by atoms with Crippen LogP contribution in [0, 0.1) is 0 Å². The number of carbonyl (C=O) groups excluding carboxylic acids is 1. The number of hydrogen-bond donors (Lipinski definition) is 4. The van der Waals surface area contributed by atoms with Crippen molar-refractivity contribution in [1.82, 2.24) is 5.32 Å². The van der Waals surface area contributed by atoms with Crippen LogP contribution >= 0.6 is 0 Å². The molecule has 0 radical (unpaired) electrons. The molecular formula is C12H18N2O3. The summed E-state index contributed by atoms with van der Waals surface area (Å²) < 4.78 is 0. The first-order valence-corrected chi connectivity index (χ1v) is 5.61. The Morgan fingerprint density at radius 1 is 1.29 bits per heavy atom. The van der Waals surface area contributed by atoms with E-state index in [1.165, 1.54) is 12.1 Å². The summed E-state index contributed by atoms with van der Waals surface area (Å²) in [6.45, 7) is 1.02. The molecule has 0 spiro atoms. The lowest BCUT2D eigenvalue weighted by Crippen LogP contribution is -2.25. The van der Waals surface area contributed by atoms with Gasteiger partial charge in [0.15, 0.2) is 11.5 Å². The summed E-state index contributed by atoms with van der Waals surface area (Å²) in [6, 6.07) is 4.63. The molecule has 0 bridgehead atoms. The molecular weight excluding hydrogens is 220 g/mol. The summed E-state index contributed by atoms with van der Waals surface area (Å²) in [7, 11) is 0. The van der Waals surface area contributed by atoms with Crippen molar-refractivity contribution < 1.29 is 15.0 Å². The molecule has 1 amide bonds. The number of aromatic hydroxyl groups is 2. The summed E-state index contributed by atoms with van der Waals surface area (Å²) in [5, 5.41) is 21.2. The van der Waals surface area contributed by atoms with Crippen LogP contribution in [0.15, 0.2) is 18.2 Å². The number of phenolic OH excluding ortho intramolecular Hbond substituents is 2. The molecule has 0 saturated heterocycles. The van der Waals surface area contributed by atoms with E-state index in [1.54, 1.807) is 6.07 Å². The minimum atomic E-state index is -0.142. The lowest BCUT2D eigenvalue weighted by Gasteiger charge is -2.06. The molecule has 0 aromatic heterocycles. The second-order valence-corrected chi connectivity index (χ2v) is 3.82. The quantitative estimate of drug-likeness (QED) is 0.542. The van der Waals surface area contributed by atoms with Crippen molar-refractivity contribution >= 4 is 5.91 Å². The van der Waals surface area contributed by atoms with Crippen LogP contribution in [0.25, 0.3) is 0 Å². The van der Waals surface area contributed by atoms with Crippen molar-refractivity contribution in [3.8, 4) is 11.5 Å². The van der Waals surface area contributed by atoms with Crippen LogP contribution in [0.1, 0.15) is 18.4 Å². The van der Waals surface area contributed by atoms with Gasteiger partial charge in [-0.25, -0.2) is 0 Å². The Labute approximate surface area is 100 Å². The van der Waals surface area contributed by atoms with Crippen LogP contribution in [0.5, 0.6) is 11.5 Å². The topological polar surface area (TPSA) is 95.6 Å². The van der Waals surface area contributed by atoms with Crippen LogP contribution in [0.4, 0.5) is 0 Å². The highest BCUT2D eigenvalue weighted by Gasteiger charge is 2.02. The second-order valence-electron chi connectivity index (χ2n) is 3.82. The summed E-state index contributed by atoms with van der Waals surface area (Å²) >= 11 is 0. The molecule has 0 aliphatic rings. The molecule has 0 heterocycles. The number of hydrogen-bond acceptors (Lipinski definition) is 4. The van der Waals surface area contributed by atoms with Gasteiger partial charge in [-0.1, -0.05) is 6.07 Å². The van der Waals surface area contributed by atoms with E-state index in [4.69, 9.17) is 10.8 Å².